The molecule has 0 heterocycles. The van der Waals surface area contributed by atoms with E-state index in [-0.39, 0.29) is 24.9 Å². The normalized spacial score (nSPS) is 11.8. The molecule has 0 aliphatic carbocycles. The Morgan fingerprint density at radius 3 is 2.48 bits per heavy atom. The number of nitrogens with zero attached hydrogens (tertiary/aromatic N) is 1. The van der Waals surface area contributed by atoms with Crippen LogP contribution in [0.3, 0.4) is 0 Å². The van der Waals surface area contributed by atoms with Crippen molar-refractivity contribution < 1.29 is 19.0 Å². The predicted octanol–water partition coefficient (Wildman–Crippen LogP) is 1.94. The van der Waals surface area contributed by atoms with Gasteiger partial charge in [-0.05, 0) is 23.8 Å². The lowest BCUT2D eigenvalue weighted by Gasteiger charge is -2.19. The molecule has 2 rings (SSSR count). The molecule has 134 valence electrons. The van der Waals surface area contributed by atoms with E-state index in [1.807, 2.05) is 12.1 Å². The Labute approximate surface area is 147 Å². The molecule has 2 aromatic carbocycles. The van der Waals surface area contributed by atoms with Crippen molar-refractivity contribution in [1.82, 2.24) is 10.2 Å². The molecule has 0 aromatic heterocycles. The van der Waals surface area contributed by atoms with Gasteiger partial charge in [0.25, 0.3) is 0 Å². The Hall–Kier alpha value is -2.44. The van der Waals surface area contributed by atoms with Crippen LogP contribution in [0.1, 0.15) is 11.1 Å². The van der Waals surface area contributed by atoms with Gasteiger partial charge in [0.05, 0.1) is 6.61 Å². The molecule has 0 spiro atoms. The number of benzene rings is 2. The number of carbonyl (C=O) groups excluding carboxylic acids is 1. The first-order valence-corrected chi connectivity index (χ1v) is 8.02. The number of aliphatic hydroxyl groups excluding tert-OH is 1. The third kappa shape index (κ3) is 5.55. The van der Waals surface area contributed by atoms with Crippen LogP contribution in [0.5, 0.6) is 5.75 Å². The van der Waals surface area contributed by atoms with E-state index < -0.39 is 6.04 Å². The van der Waals surface area contributed by atoms with Crippen molar-refractivity contribution in [2.75, 3.05) is 20.7 Å². The second kappa shape index (κ2) is 9.15. The third-order valence-electron chi connectivity index (χ3n) is 3.75. The van der Waals surface area contributed by atoms with E-state index in [0.717, 1.165) is 5.56 Å². The number of ether oxygens (including phenoxy) is 1. The number of aliphatic hydroxyl groups is 1. The fourth-order valence-corrected chi connectivity index (χ4v) is 2.26. The van der Waals surface area contributed by atoms with Crippen molar-refractivity contribution in [3.05, 3.63) is 65.5 Å². The maximum absolute atomic E-state index is 13.5. The highest BCUT2D eigenvalue weighted by Crippen LogP contribution is 2.15. The second-order valence-corrected chi connectivity index (χ2v) is 5.87. The average Bonchev–Trinajstić information content (AvgIpc) is 2.62. The molecule has 6 heteroatoms. The quantitative estimate of drug-likeness (QED) is 0.767. The van der Waals surface area contributed by atoms with Crippen LogP contribution in [0.25, 0.3) is 0 Å². The van der Waals surface area contributed by atoms with Crippen LogP contribution >= 0.6 is 0 Å². The van der Waals surface area contributed by atoms with Crippen molar-refractivity contribution in [3.63, 3.8) is 0 Å². The molecule has 0 radical (unpaired) electrons. The standard InChI is InChI=1S/C19H23FN2O3/c1-22(2)19(24)18(12-23)21-11-14-7-9-16(10-8-14)25-13-15-5-3-4-6-17(15)20/h3-10,18,21,23H,11-13H2,1-2H3. The summed E-state index contributed by atoms with van der Waals surface area (Å²) in [4.78, 5) is 13.3. The zero-order chi connectivity index (χ0) is 18.2. The van der Waals surface area contributed by atoms with Crippen molar-refractivity contribution in [2.45, 2.75) is 19.2 Å². The molecule has 0 saturated heterocycles. The number of amides is 1. The number of hydrogen-bond donors (Lipinski definition) is 2. The zero-order valence-electron chi connectivity index (χ0n) is 14.4. The molecule has 2 N–H and O–H groups in total. The van der Waals surface area contributed by atoms with Gasteiger partial charge in [-0.3, -0.25) is 10.1 Å². The first-order chi connectivity index (χ1) is 12.0. The van der Waals surface area contributed by atoms with Gasteiger partial charge in [-0.15, -0.1) is 0 Å². The van der Waals surface area contributed by atoms with Crippen LogP contribution < -0.4 is 10.1 Å². The molecule has 1 amide bonds. The summed E-state index contributed by atoms with van der Waals surface area (Å²) in [6, 6.07) is 13.2. The number of rotatable bonds is 8. The van der Waals surface area contributed by atoms with E-state index in [1.165, 1.54) is 11.0 Å². The Balaban J connectivity index is 1.87. The highest BCUT2D eigenvalue weighted by Gasteiger charge is 2.18. The highest BCUT2D eigenvalue weighted by molar-refractivity contribution is 5.81. The minimum absolute atomic E-state index is 0.161. The summed E-state index contributed by atoms with van der Waals surface area (Å²) in [6.45, 7) is 0.341. The Kier molecular flexibility index (Phi) is 6.91. The van der Waals surface area contributed by atoms with Crippen LogP contribution in [0.4, 0.5) is 4.39 Å². The molecule has 0 fully saturated rings. The van der Waals surface area contributed by atoms with Gasteiger partial charge < -0.3 is 14.7 Å². The van der Waals surface area contributed by atoms with Gasteiger partial charge in [-0.25, -0.2) is 4.39 Å². The minimum atomic E-state index is -0.632. The number of halogens is 1. The molecule has 0 aliphatic rings. The lowest BCUT2D eigenvalue weighted by molar-refractivity contribution is -0.131. The molecule has 0 bridgehead atoms. The molecule has 1 atom stereocenters. The Morgan fingerprint density at radius 1 is 1.20 bits per heavy atom. The number of hydrogen-bond acceptors (Lipinski definition) is 4. The zero-order valence-corrected chi connectivity index (χ0v) is 14.4. The van der Waals surface area contributed by atoms with E-state index in [2.05, 4.69) is 5.32 Å². The molecular formula is C19H23FN2O3. The molecule has 0 aliphatic heterocycles. The van der Waals surface area contributed by atoms with Gasteiger partial charge in [0.15, 0.2) is 0 Å². The Bertz CT molecular complexity index is 689. The average molecular weight is 346 g/mol. The second-order valence-electron chi connectivity index (χ2n) is 5.87. The van der Waals surface area contributed by atoms with Crippen LogP contribution in [0.15, 0.2) is 48.5 Å². The largest absolute Gasteiger partial charge is 0.489 e. The fraction of sp³-hybridized carbons (Fsp3) is 0.316. The third-order valence-corrected chi connectivity index (χ3v) is 3.75. The summed E-state index contributed by atoms with van der Waals surface area (Å²) < 4.78 is 19.1. The minimum Gasteiger partial charge on any atom is -0.489 e. The van der Waals surface area contributed by atoms with Crippen molar-refractivity contribution in [1.29, 1.82) is 0 Å². The van der Waals surface area contributed by atoms with Crippen LogP contribution in [-0.2, 0) is 17.9 Å². The SMILES string of the molecule is CN(C)C(=O)C(CO)NCc1ccc(OCc2ccccc2F)cc1. The van der Waals surface area contributed by atoms with Crippen LogP contribution in [0, 0.1) is 5.82 Å². The van der Waals surface area contributed by atoms with Gasteiger partial charge in [0.1, 0.15) is 24.2 Å². The first kappa shape index (κ1) is 18.9. The van der Waals surface area contributed by atoms with E-state index in [4.69, 9.17) is 4.74 Å². The topological polar surface area (TPSA) is 61.8 Å². The molecule has 5 nitrogen and oxygen atoms in total. The highest BCUT2D eigenvalue weighted by atomic mass is 19.1. The summed E-state index contributed by atoms with van der Waals surface area (Å²) in [7, 11) is 3.29. The van der Waals surface area contributed by atoms with Gasteiger partial charge in [-0.1, -0.05) is 30.3 Å². The summed E-state index contributed by atoms with van der Waals surface area (Å²) >= 11 is 0. The molecule has 0 saturated carbocycles. The first-order valence-electron chi connectivity index (χ1n) is 8.02. The van der Waals surface area contributed by atoms with E-state index >= 15 is 0 Å². The van der Waals surface area contributed by atoms with Crippen LogP contribution in [0.2, 0.25) is 0 Å². The Morgan fingerprint density at radius 2 is 1.88 bits per heavy atom. The van der Waals surface area contributed by atoms with Gasteiger partial charge in [0, 0.05) is 26.2 Å². The number of nitrogens with one attached hydrogen (secondary N) is 1. The van der Waals surface area contributed by atoms with Gasteiger partial charge in [-0.2, -0.15) is 0 Å². The predicted molar refractivity (Wildman–Crippen MR) is 93.6 cm³/mol. The summed E-state index contributed by atoms with van der Waals surface area (Å²) in [6.07, 6.45) is 0. The monoisotopic (exact) mass is 346 g/mol. The maximum atomic E-state index is 13.5. The number of carbonyl (C=O) groups is 1. The maximum Gasteiger partial charge on any atom is 0.241 e. The van der Waals surface area contributed by atoms with Gasteiger partial charge >= 0.3 is 0 Å². The molecule has 25 heavy (non-hydrogen) atoms. The van der Waals surface area contributed by atoms with Crippen LogP contribution in [-0.4, -0.2) is 42.7 Å². The van der Waals surface area contributed by atoms with E-state index in [1.54, 1.807) is 44.4 Å². The molecule has 2 aromatic rings. The summed E-state index contributed by atoms with van der Waals surface area (Å²) in [5.74, 6) is 0.173. The van der Waals surface area contributed by atoms with Gasteiger partial charge in [0.2, 0.25) is 5.91 Å². The number of likely N-dealkylation sites (N-methyl/N-ethyl adjacent to an activating group) is 1. The smallest absolute Gasteiger partial charge is 0.241 e. The fourth-order valence-electron chi connectivity index (χ4n) is 2.26. The summed E-state index contributed by atoms with van der Waals surface area (Å²) in [5, 5.41) is 12.3. The van der Waals surface area contributed by atoms with Crippen molar-refractivity contribution in [2.24, 2.45) is 0 Å². The molecular weight excluding hydrogens is 323 g/mol. The molecule has 1 unspecified atom stereocenters. The lowest BCUT2D eigenvalue weighted by atomic mass is 10.2. The van der Waals surface area contributed by atoms with Crippen molar-refractivity contribution in [3.8, 4) is 5.75 Å². The lowest BCUT2D eigenvalue weighted by Crippen LogP contribution is -2.45. The van der Waals surface area contributed by atoms with E-state index in [0.29, 0.717) is 17.9 Å². The van der Waals surface area contributed by atoms with Crippen molar-refractivity contribution >= 4 is 5.91 Å². The summed E-state index contributed by atoms with van der Waals surface area (Å²) in [5.41, 5.74) is 1.45. The van der Waals surface area contributed by atoms with E-state index in [9.17, 15) is 14.3 Å².